The molecule has 0 N–H and O–H groups in total. The number of halogens is 2. The van der Waals surface area contributed by atoms with Gasteiger partial charge in [0.05, 0.1) is 7.11 Å². The Morgan fingerprint density at radius 1 is 1.10 bits per heavy atom. The molecule has 0 aliphatic rings. The Hall–Kier alpha value is -1.32. The fraction of sp³-hybridized carbons (Fsp3) is 0.188. The molecule has 2 rings (SSSR count). The number of carbonyl (C=O) groups excluding carboxylic acids is 1. The van der Waals surface area contributed by atoms with Crippen molar-refractivity contribution in [2.45, 2.75) is 13.8 Å². The van der Waals surface area contributed by atoms with Crippen LogP contribution >= 0.6 is 27.5 Å². The summed E-state index contributed by atoms with van der Waals surface area (Å²) in [5.74, 6) is 0.756. The third-order valence-corrected chi connectivity index (χ3v) is 4.05. The highest BCUT2D eigenvalue weighted by Crippen LogP contribution is 2.28. The largest absolute Gasteiger partial charge is 0.496 e. The molecule has 0 atom stereocenters. The van der Waals surface area contributed by atoms with Crippen LogP contribution in [0.2, 0.25) is 5.02 Å². The summed E-state index contributed by atoms with van der Waals surface area (Å²) in [6.45, 7) is 3.82. The van der Waals surface area contributed by atoms with E-state index in [-0.39, 0.29) is 5.78 Å². The topological polar surface area (TPSA) is 26.3 Å². The maximum absolute atomic E-state index is 12.6. The minimum Gasteiger partial charge on any atom is -0.496 e. The standard InChI is InChI=1S/C16H14BrClO2/c1-9-7-15(20-3)10(2)6-13(9)16(19)12-5-4-11(18)8-14(12)17/h4-8H,1-3H3. The lowest BCUT2D eigenvalue weighted by atomic mass is 9.97. The summed E-state index contributed by atoms with van der Waals surface area (Å²) in [7, 11) is 1.62. The predicted molar refractivity (Wildman–Crippen MR) is 85.1 cm³/mol. The van der Waals surface area contributed by atoms with Gasteiger partial charge in [0, 0.05) is 20.6 Å². The number of methoxy groups -OCH3 is 1. The summed E-state index contributed by atoms with van der Waals surface area (Å²) >= 11 is 9.29. The van der Waals surface area contributed by atoms with E-state index in [0.717, 1.165) is 16.9 Å². The van der Waals surface area contributed by atoms with Gasteiger partial charge in [0.15, 0.2) is 5.78 Å². The molecule has 20 heavy (non-hydrogen) atoms. The van der Waals surface area contributed by atoms with Gasteiger partial charge in [-0.25, -0.2) is 0 Å². The van der Waals surface area contributed by atoms with Crippen molar-refractivity contribution in [3.8, 4) is 5.75 Å². The molecule has 0 radical (unpaired) electrons. The van der Waals surface area contributed by atoms with Crippen LogP contribution in [0.1, 0.15) is 27.0 Å². The second-order valence-electron chi connectivity index (χ2n) is 4.59. The SMILES string of the molecule is COc1cc(C)c(C(=O)c2ccc(Cl)cc2Br)cc1C. The first-order valence-corrected chi connectivity index (χ1v) is 7.26. The number of aryl methyl sites for hydroxylation is 2. The van der Waals surface area contributed by atoms with Crippen molar-refractivity contribution >= 4 is 33.3 Å². The minimum absolute atomic E-state index is 0.0307. The van der Waals surface area contributed by atoms with E-state index in [2.05, 4.69) is 15.9 Å². The second kappa shape index (κ2) is 5.98. The van der Waals surface area contributed by atoms with Gasteiger partial charge in [-0.3, -0.25) is 4.79 Å². The molecule has 0 heterocycles. The highest BCUT2D eigenvalue weighted by Gasteiger charge is 2.16. The van der Waals surface area contributed by atoms with Gasteiger partial charge in [-0.15, -0.1) is 0 Å². The van der Waals surface area contributed by atoms with Gasteiger partial charge in [0.1, 0.15) is 5.75 Å². The molecule has 0 saturated heterocycles. The molecule has 4 heteroatoms. The van der Waals surface area contributed by atoms with Crippen molar-refractivity contribution in [1.82, 2.24) is 0 Å². The minimum atomic E-state index is -0.0307. The van der Waals surface area contributed by atoms with Crippen LogP contribution in [-0.4, -0.2) is 12.9 Å². The summed E-state index contributed by atoms with van der Waals surface area (Å²) < 4.78 is 5.96. The van der Waals surface area contributed by atoms with Crippen LogP contribution in [0.3, 0.4) is 0 Å². The summed E-state index contributed by atoms with van der Waals surface area (Å²) in [4.78, 5) is 12.6. The van der Waals surface area contributed by atoms with E-state index in [0.29, 0.717) is 20.6 Å². The summed E-state index contributed by atoms with van der Waals surface area (Å²) in [6, 6.07) is 8.91. The normalized spacial score (nSPS) is 10.4. The maximum Gasteiger partial charge on any atom is 0.194 e. The average Bonchev–Trinajstić information content (AvgIpc) is 2.40. The zero-order valence-electron chi connectivity index (χ0n) is 11.5. The van der Waals surface area contributed by atoms with Crippen LogP contribution in [0.4, 0.5) is 0 Å². The van der Waals surface area contributed by atoms with Gasteiger partial charge in [0.25, 0.3) is 0 Å². The third kappa shape index (κ3) is 2.89. The Bertz CT molecular complexity index is 680. The van der Waals surface area contributed by atoms with Gasteiger partial charge in [-0.05, 0) is 71.2 Å². The Labute approximate surface area is 131 Å². The highest BCUT2D eigenvalue weighted by molar-refractivity contribution is 9.10. The second-order valence-corrected chi connectivity index (χ2v) is 5.88. The molecule has 0 aliphatic carbocycles. The van der Waals surface area contributed by atoms with E-state index in [1.54, 1.807) is 25.3 Å². The van der Waals surface area contributed by atoms with Crippen molar-refractivity contribution in [2.24, 2.45) is 0 Å². The van der Waals surface area contributed by atoms with Crippen molar-refractivity contribution in [1.29, 1.82) is 0 Å². The Kier molecular flexibility index (Phi) is 4.51. The summed E-state index contributed by atoms with van der Waals surface area (Å²) in [5.41, 5.74) is 3.10. The van der Waals surface area contributed by atoms with E-state index < -0.39 is 0 Å². The molecule has 0 fully saturated rings. The van der Waals surface area contributed by atoms with Gasteiger partial charge in [-0.2, -0.15) is 0 Å². The Balaban J connectivity index is 2.51. The first kappa shape index (κ1) is 15.1. The zero-order valence-corrected chi connectivity index (χ0v) is 13.8. The molecule has 0 spiro atoms. The summed E-state index contributed by atoms with van der Waals surface area (Å²) in [5, 5.41) is 0.594. The van der Waals surface area contributed by atoms with E-state index in [1.807, 2.05) is 26.0 Å². The quantitative estimate of drug-likeness (QED) is 0.729. The first-order valence-electron chi connectivity index (χ1n) is 6.09. The molecular weight excluding hydrogens is 340 g/mol. The summed E-state index contributed by atoms with van der Waals surface area (Å²) in [6.07, 6.45) is 0. The highest BCUT2D eigenvalue weighted by atomic mass is 79.9. The molecule has 2 aromatic rings. The van der Waals surface area contributed by atoms with E-state index >= 15 is 0 Å². The maximum atomic E-state index is 12.6. The molecule has 0 amide bonds. The predicted octanol–water partition coefficient (Wildman–Crippen LogP) is 4.96. The van der Waals surface area contributed by atoms with E-state index in [9.17, 15) is 4.79 Å². The van der Waals surface area contributed by atoms with Crippen LogP contribution in [-0.2, 0) is 0 Å². The smallest absolute Gasteiger partial charge is 0.194 e. The Morgan fingerprint density at radius 2 is 1.80 bits per heavy atom. The van der Waals surface area contributed by atoms with Crippen molar-refractivity contribution in [3.05, 3.63) is 62.1 Å². The molecule has 0 saturated carbocycles. The van der Waals surface area contributed by atoms with Crippen molar-refractivity contribution in [2.75, 3.05) is 7.11 Å². The number of carbonyl (C=O) groups is 1. The number of hydrogen-bond donors (Lipinski definition) is 0. The van der Waals surface area contributed by atoms with Crippen LogP contribution in [0.5, 0.6) is 5.75 Å². The van der Waals surface area contributed by atoms with Gasteiger partial charge < -0.3 is 4.74 Å². The number of ketones is 1. The van der Waals surface area contributed by atoms with Crippen LogP contribution in [0.25, 0.3) is 0 Å². The average molecular weight is 354 g/mol. The number of hydrogen-bond acceptors (Lipinski definition) is 2. The fourth-order valence-corrected chi connectivity index (χ4v) is 2.94. The van der Waals surface area contributed by atoms with Gasteiger partial charge in [0.2, 0.25) is 0 Å². The van der Waals surface area contributed by atoms with Crippen LogP contribution in [0.15, 0.2) is 34.8 Å². The number of rotatable bonds is 3. The van der Waals surface area contributed by atoms with Crippen LogP contribution < -0.4 is 4.74 Å². The third-order valence-electron chi connectivity index (χ3n) is 3.16. The first-order chi connectivity index (χ1) is 9.43. The molecule has 0 aromatic heterocycles. The Morgan fingerprint density at radius 3 is 2.40 bits per heavy atom. The van der Waals surface area contributed by atoms with Crippen molar-refractivity contribution < 1.29 is 9.53 Å². The molecule has 0 unspecified atom stereocenters. The molecular formula is C16H14BrClO2. The monoisotopic (exact) mass is 352 g/mol. The molecule has 104 valence electrons. The fourth-order valence-electron chi connectivity index (χ4n) is 2.07. The lowest BCUT2D eigenvalue weighted by Crippen LogP contribution is -2.06. The van der Waals surface area contributed by atoms with E-state index in [1.165, 1.54) is 0 Å². The number of ether oxygens (including phenoxy) is 1. The molecule has 0 aliphatic heterocycles. The molecule has 0 bridgehead atoms. The lowest BCUT2D eigenvalue weighted by molar-refractivity contribution is 0.103. The molecule has 2 nitrogen and oxygen atoms in total. The van der Waals surface area contributed by atoms with Gasteiger partial charge >= 0.3 is 0 Å². The van der Waals surface area contributed by atoms with Crippen molar-refractivity contribution in [3.63, 3.8) is 0 Å². The lowest BCUT2D eigenvalue weighted by Gasteiger charge is -2.11. The molecule has 2 aromatic carbocycles. The van der Waals surface area contributed by atoms with E-state index in [4.69, 9.17) is 16.3 Å². The number of benzene rings is 2. The zero-order chi connectivity index (χ0) is 14.9. The van der Waals surface area contributed by atoms with Gasteiger partial charge in [-0.1, -0.05) is 11.6 Å². The van der Waals surface area contributed by atoms with Crippen LogP contribution in [0, 0.1) is 13.8 Å².